The molecule has 1 rings (SSSR count). The molecule has 0 unspecified atom stereocenters. The molecule has 4 nitrogen and oxygen atoms in total. The summed E-state index contributed by atoms with van der Waals surface area (Å²) in [5.41, 5.74) is 1.73. The molecule has 1 aromatic carbocycles. The Kier molecular flexibility index (Phi) is 6.75. The lowest BCUT2D eigenvalue weighted by Gasteiger charge is -2.08. The number of amides is 1. The second kappa shape index (κ2) is 8.07. The number of benzene rings is 1. The van der Waals surface area contributed by atoms with Gasteiger partial charge in [-0.1, -0.05) is 36.9 Å². The predicted molar refractivity (Wildman–Crippen MR) is 82.5 cm³/mol. The van der Waals surface area contributed by atoms with Crippen LogP contribution in [-0.2, 0) is 14.6 Å². The number of nitrogens with one attached hydrogen (secondary N) is 1. The second-order valence-corrected chi connectivity index (χ2v) is 7.02. The largest absolute Gasteiger partial charge is 0.352 e. The van der Waals surface area contributed by atoms with Gasteiger partial charge in [-0.2, -0.15) is 0 Å². The topological polar surface area (TPSA) is 63.2 Å². The van der Waals surface area contributed by atoms with E-state index in [1.807, 2.05) is 30.3 Å². The quantitative estimate of drug-likeness (QED) is 0.745. The van der Waals surface area contributed by atoms with Gasteiger partial charge in [0.25, 0.3) is 0 Å². The van der Waals surface area contributed by atoms with Crippen LogP contribution in [0.2, 0.25) is 0 Å². The second-order valence-electron chi connectivity index (χ2n) is 4.34. The van der Waals surface area contributed by atoms with Crippen LogP contribution in [0.1, 0.15) is 12.0 Å². The van der Waals surface area contributed by atoms with Gasteiger partial charge in [-0.05, 0) is 11.1 Å². The average Bonchev–Trinajstić information content (AvgIpc) is 2.43. The maximum atomic E-state index is 11.6. The van der Waals surface area contributed by atoms with Crippen LogP contribution in [-0.4, -0.2) is 38.3 Å². The Labute approximate surface area is 124 Å². The Hall–Kier alpha value is -1.33. The molecule has 0 aliphatic rings. The Bertz CT molecular complexity index is 555. The molecule has 0 bridgehead atoms. The molecule has 0 atom stereocenters. The molecule has 0 aliphatic carbocycles. The van der Waals surface area contributed by atoms with E-state index in [4.69, 9.17) is 11.6 Å². The summed E-state index contributed by atoms with van der Waals surface area (Å²) in [6.45, 7) is 4.19. The Morgan fingerprint density at radius 2 is 1.85 bits per heavy atom. The third-order valence-corrected chi connectivity index (χ3v) is 4.77. The number of carbonyl (C=O) groups is 1. The number of rotatable bonds is 8. The highest BCUT2D eigenvalue weighted by Crippen LogP contribution is 2.10. The van der Waals surface area contributed by atoms with Crippen LogP contribution in [0, 0.1) is 0 Å². The van der Waals surface area contributed by atoms with Crippen molar-refractivity contribution in [3.63, 3.8) is 0 Å². The van der Waals surface area contributed by atoms with E-state index in [-0.39, 0.29) is 29.7 Å². The first kappa shape index (κ1) is 16.7. The normalized spacial score (nSPS) is 11.1. The van der Waals surface area contributed by atoms with Gasteiger partial charge in [-0.3, -0.25) is 4.79 Å². The van der Waals surface area contributed by atoms with Crippen molar-refractivity contribution < 1.29 is 13.2 Å². The number of sulfone groups is 1. The van der Waals surface area contributed by atoms with Crippen LogP contribution in [0.25, 0.3) is 5.57 Å². The lowest BCUT2D eigenvalue weighted by atomic mass is 10.1. The van der Waals surface area contributed by atoms with E-state index >= 15 is 0 Å². The molecule has 1 aromatic rings. The molecular formula is C14H18ClNO3S. The van der Waals surface area contributed by atoms with Crippen molar-refractivity contribution >= 4 is 32.9 Å². The summed E-state index contributed by atoms with van der Waals surface area (Å²) in [6.07, 6.45) is -0.0543. The molecule has 0 saturated heterocycles. The average molecular weight is 316 g/mol. The lowest BCUT2D eigenvalue weighted by molar-refractivity contribution is -0.120. The summed E-state index contributed by atoms with van der Waals surface area (Å²) < 4.78 is 22.8. The van der Waals surface area contributed by atoms with Crippen molar-refractivity contribution in [2.24, 2.45) is 0 Å². The molecule has 1 amide bonds. The SMILES string of the molecule is C=C(CNC(=O)CCS(=O)(=O)CCCl)c1ccccc1. The van der Waals surface area contributed by atoms with E-state index in [2.05, 4.69) is 11.9 Å². The van der Waals surface area contributed by atoms with Crippen LogP contribution in [0.5, 0.6) is 0 Å². The fourth-order valence-electron chi connectivity index (χ4n) is 1.54. The summed E-state index contributed by atoms with van der Waals surface area (Å²) in [7, 11) is -3.23. The summed E-state index contributed by atoms with van der Waals surface area (Å²) in [4.78, 5) is 11.6. The molecule has 0 heterocycles. The Balaban J connectivity index is 2.36. The zero-order chi connectivity index (χ0) is 15.0. The molecule has 0 aromatic heterocycles. The van der Waals surface area contributed by atoms with Crippen molar-refractivity contribution in [3.05, 3.63) is 42.5 Å². The smallest absolute Gasteiger partial charge is 0.221 e. The van der Waals surface area contributed by atoms with Crippen LogP contribution >= 0.6 is 11.6 Å². The van der Waals surface area contributed by atoms with Gasteiger partial charge < -0.3 is 5.32 Å². The van der Waals surface area contributed by atoms with E-state index in [0.717, 1.165) is 11.1 Å². The molecule has 110 valence electrons. The molecule has 0 radical (unpaired) electrons. The summed E-state index contributed by atoms with van der Waals surface area (Å²) in [5.74, 6) is -0.531. The highest BCUT2D eigenvalue weighted by molar-refractivity contribution is 7.91. The minimum Gasteiger partial charge on any atom is -0.352 e. The zero-order valence-corrected chi connectivity index (χ0v) is 12.7. The number of hydrogen-bond acceptors (Lipinski definition) is 3. The lowest BCUT2D eigenvalue weighted by Crippen LogP contribution is -2.27. The number of halogens is 1. The highest BCUT2D eigenvalue weighted by atomic mass is 35.5. The fraction of sp³-hybridized carbons (Fsp3) is 0.357. The maximum Gasteiger partial charge on any atom is 0.221 e. The van der Waals surface area contributed by atoms with Crippen molar-refractivity contribution in [1.29, 1.82) is 0 Å². The number of alkyl halides is 1. The zero-order valence-electron chi connectivity index (χ0n) is 11.1. The van der Waals surface area contributed by atoms with Crippen LogP contribution < -0.4 is 5.32 Å². The predicted octanol–water partition coefficient (Wildman–Crippen LogP) is 1.86. The molecule has 0 aliphatic heterocycles. The first-order valence-corrected chi connectivity index (χ1v) is 8.56. The molecule has 0 saturated carbocycles. The van der Waals surface area contributed by atoms with E-state index in [1.54, 1.807) is 0 Å². The van der Waals surface area contributed by atoms with E-state index < -0.39 is 9.84 Å². The van der Waals surface area contributed by atoms with Gasteiger partial charge in [0.2, 0.25) is 5.91 Å². The first-order chi connectivity index (χ1) is 9.44. The molecule has 0 fully saturated rings. The van der Waals surface area contributed by atoms with Crippen LogP contribution in [0.15, 0.2) is 36.9 Å². The molecular weight excluding hydrogens is 298 g/mol. The molecule has 1 N–H and O–H groups in total. The number of hydrogen-bond donors (Lipinski definition) is 1. The summed E-state index contributed by atoms with van der Waals surface area (Å²) in [6, 6.07) is 9.48. The first-order valence-electron chi connectivity index (χ1n) is 6.21. The van der Waals surface area contributed by atoms with Crippen molar-refractivity contribution in [2.75, 3.05) is 23.9 Å². The third-order valence-electron chi connectivity index (χ3n) is 2.71. The van der Waals surface area contributed by atoms with Crippen molar-refractivity contribution in [3.8, 4) is 0 Å². The molecule has 20 heavy (non-hydrogen) atoms. The minimum atomic E-state index is -3.23. The van der Waals surface area contributed by atoms with Crippen molar-refractivity contribution in [1.82, 2.24) is 5.32 Å². The van der Waals surface area contributed by atoms with Gasteiger partial charge in [-0.15, -0.1) is 11.6 Å². The minimum absolute atomic E-state index is 0.0504. The van der Waals surface area contributed by atoms with Gasteiger partial charge in [0, 0.05) is 18.8 Å². The van der Waals surface area contributed by atoms with Gasteiger partial charge in [0.05, 0.1) is 11.5 Å². The van der Waals surface area contributed by atoms with Gasteiger partial charge >= 0.3 is 0 Å². The third kappa shape index (κ3) is 6.21. The standard InChI is InChI=1S/C14H18ClNO3S/c1-12(13-5-3-2-4-6-13)11-16-14(17)7-9-20(18,19)10-8-15/h2-6H,1,7-11H2,(H,16,17). The molecule has 0 spiro atoms. The fourth-order valence-corrected chi connectivity index (χ4v) is 3.18. The monoisotopic (exact) mass is 315 g/mol. The van der Waals surface area contributed by atoms with Gasteiger partial charge in [0.15, 0.2) is 9.84 Å². The van der Waals surface area contributed by atoms with Crippen LogP contribution in [0.4, 0.5) is 0 Å². The summed E-state index contributed by atoms with van der Waals surface area (Å²) in [5, 5.41) is 2.66. The van der Waals surface area contributed by atoms with Gasteiger partial charge in [-0.25, -0.2) is 8.42 Å². The van der Waals surface area contributed by atoms with Gasteiger partial charge in [0.1, 0.15) is 0 Å². The number of carbonyl (C=O) groups excluding carboxylic acids is 1. The van der Waals surface area contributed by atoms with Crippen molar-refractivity contribution in [2.45, 2.75) is 6.42 Å². The highest BCUT2D eigenvalue weighted by Gasteiger charge is 2.12. The maximum absolute atomic E-state index is 11.6. The van der Waals surface area contributed by atoms with E-state index in [0.29, 0.717) is 6.54 Å². The van der Waals surface area contributed by atoms with E-state index in [1.165, 1.54) is 0 Å². The van der Waals surface area contributed by atoms with E-state index in [9.17, 15) is 13.2 Å². The van der Waals surface area contributed by atoms with Crippen LogP contribution in [0.3, 0.4) is 0 Å². The summed E-state index contributed by atoms with van der Waals surface area (Å²) >= 11 is 5.38. The Morgan fingerprint density at radius 1 is 1.20 bits per heavy atom. The Morgan fingerprint density at radius 3 is 2.45 bits per heavy atom. The molecule has 6 heteroatoms.